The number of nitrogens with zero attached hydrogens (tertiary/aromatic N) is 1. The standard InChI is InChI=1S/C10H17N3O2/c1-7-12-6-9(13-7)5-8(11)3-4-10(14)15-2/h6,8H,3-5,11H2,1-2H3,(H,12,13). The summed E-state index contributed by atoms with van der Waals surface area (Å²) in [5.41, 5.74) is 6.87. The quantitative estimate of drug-likeness (QED) is 0.696. The molecule has 1 rings (SSSR count). The van der Waals surface area contributed by atoms with Gasteiger partial charge in [-0.15, -0.1) is 0 Å². The lowest BCUT2D eigenvalue weighted by molar-refractivity contribution is -0.140. The number of aromatic nitrogens is 2. The molecule has 0 saturated heterocycles. The van der Waals surface area contributed by atoms with E-state index in [0.29, 0.717) is 19.3 Å². The van der Waals surface area contributed by atoms with Crippen molar-refractivity contribution in [3.05, 3.63) is 17.7 Å². The molecule has 0 amide bonds. The highest BCUT2D eigenvalue weighted by molar-refractivity contribution is 5.69. The summed E-state index contributed by atoms with van der Waals surface area (Å²) in [5.74, 6) is 0.663. The van der Waals surface area contributed by atoms with Gasteiger partial charge in [-0.3, -0.25) is 4.79 Å². The van der Waals surface area contributed by atoms with E-state index in [9.17, 15) is 4.79 Å². The number of imidazole rings is 1. The van der Waals surface area contributed by atoms with E-state index in [1.807, 2.05) is 6.92 Å². The molecule has 0 aliphatic carbocycles. The number of aryl methyl sites for hydroxylation is 1. The largest absolute Gasteiger partial charge is 0.469 e. The number of methoxy groups -OCH3 is 1. The number of hydrogen-bond donors (Lipinski definition) is 2. The lowest BCUT2D eigenvalue weighted by Gasteiger charge is -2.08. The van der Waals surface area contributed by atoms with Crippen LogP contribution in [0.2, 0.25) is 0 Å². The number of nitrogens with two attached hydrogens (primary N) is 1. The van der Waals surface area contributed by atoms with Gasteiger partial charge in [0.1, 0.15) is 5.82 Å². The van der Waals surface area contributed by atoms with Crippen molar-refractivity contribution in [3.8, 4) is 0 Å². The molecule has 1 heterocycles. The molecular weight excluding hydrogens is 194 g/mol. The number of hydrogen-bond acceptors (Lipinski definition) is 4. The van der Waals surface area contributed by atoms with Gasteiger partial charge in [-0.2, -0.15) is 0 Å². The summed E-state index contributed by atoms with van der Waals surface area (Å²) in [6, 6.07) is -0.0380. The Bertz CT molecular complexity index is 322. The molecule has 3 N–H and O–H groups in total. The highest BCUT2D eigenvalue weighted by Crippen LogP contribution is 2.04. The topological polar surface area (TPSA) is 81.0 Å². The van der Waals surface area contributed by atoms with E-state index < -0.39 is 0 Å². The first-order valence-electron chi connectivity index (χ1n) is 4.94. The fourth-order valence-electron chi connectivity index (χ4n) is 1.37. The van der Waals surface area contributed by atoms with E-state index >= 15 is 0 Å². The van der Waals surface area contributed by atoms with Gasteiger partial charge in [-0.25, -0.2) is 4.98 Å². The number of H-pyrrole nitrogens is 1. The zero-order valence-electron chi connectivity index (χ0n) is 9.12. The van der Waals surface area contributed by atoms with Gasteiger partial charge in [-0.05, 0) is 13.3 Å². The van der Waals surface area contributed by atoms with Crippen LogP contribution < -0.4 is 5.73 Å². The number of rotatable bonds is 5. The lowest BCUT2D eigenvalue weighted by atomic mass is 10.1. The van der Waals surface area contributed by atoms with Crippen LogP contribution in [0.3, 0.4) is 0 Å². The van der Waals surface area contributed by atoms with E-state index in [-0.39, 0.29) is 12.0 Å². The van der Waals surface area contributed by atoms with Gasteiger partial charge in [0, 0.05) is 30.8 Å². The molecule has 0 radical (unpaired) electrons. The first-order chi connectivity index (χ1) is 7.11. The molecule has 1 unspecified atom stereocenters. The number of nitrogens with one attached hydrogen (secondary N) is 1. The molecule has 1 atom stereocenters. The maximum atomic E-state index is 10.9. The zero-order valence-corrected chi connectivity index (χ0v) is 9.12. The number of carbonyl (C=O) groups excluding carboxylic acids is 1. The fourth-order valence-corrected chi connectivity index (χ4v) is 1.37. The van der Waals surface area contributed by atoms with Crippen molar-refractivity contribution >= 4 is 5.97 Å². The third-order valence-corrected chi connectivity index (χ3v) is 2.18. The van der Waals surface area contributed by atoms with Crippen LogP contribution in [-0.2, 0) is 16.0 Å². The molecule has 5 heteroatoms. The predicted molar refractivity (Wildman–Crippen MR) is 56.3 cm³/mol. The molecule has 0 spiro atoms. The van der Waals surface area contributed by atoms with Crippen LogP contribution in [-0.4, -0.2) is 29.1 Å². The van der Waals surface area contributed by atoms with Crippen LogP contribution in [0.1, 0.15) is 24.4 Å². The minimum atomic E-state index is -0.216. The number of ether oxygens (including phenoxy) is 1. The van der Waals surface area contributed by atoms with Gasteiger partial charge in [0.2, 0.25) is 0 Å². The first-order valence-corrected chi connectivity index (χ1v) is 4.94. The minimum absolute atomic E-state index is 0.0380. The van der Waals surface area contributed by atoms with Crippen LogP contribution >= 0.6 is 0 Å². The van der Waals surface area contributed by atoms with Gasteiger partial charge in [0.25, 0.3) is 0 Å². The molecule has 84 valence electrons. The normalized spacial score (nSPS) is 12.5. The smallest absolute Gasteiger partial charge is 0.305 e. The molecule has 0 aliphatic heterocycles. The van der Waals surface area contributed by atoms with Gasteiger partial charge >= 0.3 is 5.97 Å². The third-order valence-electron chi connectivity index (χ3n) is 2.18. The Hall–Kier alpha value is -1.36. The van der Waals surface area contributed by atoms with E-state index in [0.717, 1.165) is 11.5 Å². The van der Waals surface area contributed by atoms with Crippen molar-refractivity contribution in [2.45, 2.75) is 32.2 Å². The van der Waals surface area contributed by atoms with Gasteiger partial charge in [0.05, 0.1) is 7.11 Å². The van der Waals surface area contributed by atoms with Crippen molar-refractivity contribution in [1.82, 2.24) is 9.97 Å². The average molecular weight is 211 g/mol. The molecule has 5 nitrogen and oxygen atoms in total. The summed E-state index contributed by atoms with van der Waals surface area (Å²) >= 11 is 0. The highest BCUT2D eigenvalue weighted by atomic mass is 16.5. The fraction of sp³-hybridized carbons (Fsp3) is 0.600. The second kappa shape index (κ2) is 5.50. The minimum Gasteiger partial charge on any atom is -0.469 e. The van der Waals surface area contributed by atoms with Gasteiger partial charge in [-0.1, -0.05) is 0 Å². The third kappa shape index (κ3) is 4.12. The van der Waals surface area contributed by atoms with Gasteiger partial charge < -0.3 is 15.5 Å². The zero-order chi connectivity index (χ0) is 11.3. The maximum Gasteiger partial charge on any atom is 0.305 e. The Balaban J connectivity index is 2.30. The molecule has 0 saturated carbocycles. The molecular formula is C10H17N3O2. The molecule has 1 aromatic rings. The van der Waals surface area contributed by atoms with E-state index in [1.54, 1.807) is 6.20 Å². The summed E-state index contributed by atoms with van der Waals surface area (Å²) in [5, 5.41) is 0. The van der Waals surface area contributed by atoms with Crippen LogP contribution in [0, 0.1) is 6.92 Å². The van der Waals surface area contributed by atoms with E-state index in [1.165, 1.54) is 7.11 Å². The van der Waals surface area contributed by atoms with E-state index in [4.69, 9.17) is 5.73 Å². The lowest BCUT2D eigenvalue weighted by Crippen LogP contribution is -2.24. The average Bonchev–Trinajstić information content (AvgIpc) is 2.60. The second-order valence-corrected chi connectivity index (χ2v) is 3.57. The van der Waals surface area contributed by atoms with Crippen molar-refractivity contribution < 1.29 is 9.53 Å². The van der Waals surface area contributed by atoms with Gasteiger partial charge in [0.15, 0.2) is 0 Å². The Morgan fingerprint density at radius 1 is 1.73 bits per heavy atom. The molecule has 0 bridgehead atoms. The molecule has 1 aromatic heterocycles. The predicted octanol–water partition coefficient (Wildman–Crippen LogP) is 0.541. The Morgan fingerprint density at radius 2 is 2.47 bits per heavy atom. The second-order valence-electron chi connectivity index (χ2n) is 3.57. The summed E-state index contributed by atoms with van der Waals surface area (Å²) in [6.45, 7) is 1.89. The summed E-state index contributed by atoms with van der Waals surface area (Å²) in [6.07, 6.45) is 3.47. The van der Waals surface area contributed by atoms with E-state index in [2.05, 4.69) is 14.7 Å². The Labute approximate surface area is 89.0 Å². The molecule has 15 heavy (non-hydrogen) atoms. The Kier molecular flexibility index (Phi) is 4.30. The van der Waals surface area contributed by atoms with Crippen LogP contribution in [0.5, 0.6) is 0 Å². The van der Waals surface area contributed by atoms with Crippen molar-refractivity contribution in [2.24, 2.45) is 5.73 Å². The van der Waals surface area contributed by atoms with Crippen LogP contribution in [0.4, 0.5) is 0 Å². The summed E-state index contributed by atoms with van der Waals surface area (Å²) < 4.78 is 4.54. The number of aromatic amines is 1. The van der Waals surface area contributed by atoms with Crippen molar-refractivity contribution in [2.75, 3.05) is 7.11 Å². The summed E-state index contributed by atoms with van der Waals surface area (Å²) in [7, 11) is 1.38. The maximum absolute atomic E-state index is 10.9. The molecule has 0 aromatic carbocycles. The first kappa shape index (κ1) is 11.7. The highest BCUT2D eigenvalue weighted by Gasteiger charge is 2.09. The number of esters is 1. The monoisotopic (exact) mass is 211 g/mol. The number of carbonyl (C=O) groups is 1. The van der Waals surface area contributed by atoms with Crippen LogP contribution in [0.25, 0.3) is 0 Å². The summed E-state index contributed by atoms with van der Waals surface area (Å²) in [4.78, 5) is 18.1. The SMILES string of the molecule is COC(=O)CCC(N)Cc1cnc(C)[nH]1. The van der Waals surface area contributed by atoms with Crippen molar-refractivity contribution in [1.29, 1.82) is 0 Å². The molecule has 0 fully saturated rings. The molecule has 0 aliphatic rings. The van der Waals surface area contributed by atoms with Crippen molar-refractivity contribution in [3.63, 3.8) is 0 Å². The van der Waals surface area contributed by atoms with Crippen LogP contribution in [0.15, 0.2) is 6.20 Å². The Morgan fingerprint density at radius 3 is 3.00 bits per heavy atom.